The van der Waals surface area contributed by atoms with Gasteiger partial charge in [0.2, 0.25) is 0 Å². The van der Waals surface area contributed by atoms with E-state index in [1.165, 1.54) is 0 Å². The first-order valence-electron chi connectivity index (χ1n) is 8.86. The molecular weight excluding hydrogens is 324 g/mol. The Morgan fingerprint density at radius 3 is 2.65 bits per heavy atom. The molecule has 1 amide bonds. The SMILES string of the molecule is COc1ccc(C)c(C(=O)NC2(c3cccc4nc(C)ccc34)CC2)c1. The van der Waals surface area contributed by atoms with Gasteiger partial charge in [0.1, 0.15) is 5.75 Å². The lowest BCUT2D eigenvalue weighted by Crippen LogP contribution is -2.35. The Kier molecular flexibility index (Phi) is 3.91. The Morgan fingerprint density at radius 2 is 1.92 bits per heavy atom. The van der Waals surface area contributed by atoms with Crippen LogP contribution in [0.1, 0.15) is 40.0 Å². The number of hydrogen-bond acceptors (Lipinski definition) is 3. The zero-order valence-electron chi connectivity index (χ0n) is 15.3. The van der Waals surface area contributed by atoms with E-state index < -0.39 is 0 Å². The highest BCUT2D eigenvalue weighted by atomic mass is 16.5. The van der Waals surface area contributed by atoms with E-state index >= 15 is 0 Å². The molecule has 1 aromatic heterocycles. The number of ether oxygens (including phenoxy) is 1. The van der Waals surface area contributed by atoms with Crippen molar-refractivity contribution in [2.45, 2.75) is 32.2 Å². The lowest BCUT2D eigenvalue weighted by atomic mass is 9.98. The number of benzene rings is 2. The number of methoxy groups -OCH3 is 1. The maximum Gasteiger partial charge on any atom is 0.252 e. The average molecular weight is 346 g/mol. The lowest BCUT2D eigenvalue weighted by molar-refractivity contribution is 0.0930. The first-order chi connectivity index (χ1) is 12.5. The summed E-state index contributed by atoms with van der Waals surface area (Å²) in [5, 5.41) is 4.39. The van der Waals surface area contributed by atoms with Crippen LogP contribution >= 0.6 is 0 Å². The molecule has 0 aliphatic heterocycles. The quantitative estimate of drug-likeness (QED) is 0.767. The number of aromatic nitrogens is 1. The fourth-order valence-corrected chi connectivity index (χ4v) is 3.52. The van der Waals surface area contributed by atoms with Crippen molar-refractivity contribution in [1.29, 1.82) is 0 Å². The molecule has 0 spiro atoms. The molecule has 26 heavy (non-hydrogen) atoms. The van der Waals surface area contributed by atoms with Crippen LogP contribution in [0.4, 0.5) is 0 Å². The molecule has 132 valence electrons. The zero-order valence-corrected chi connectivity index (χ0v) is 15.3. The molecule has 1 N–H and O–H groups in total. The molecule has 0 bridgehead atoms. The monoisotopic (exact) mass is 346 g/mol. The number of nitrogens with zero attached hydrogens (tertiary/aromatic N) is 1. The molecule has 1 saturated carbocycles. The van der Waals surface area contributed by atoms with Gasteiger partial charge < -0.3 is 10.1 Å². The van der Waals surface area contributed by atoms with E-state index in [1.54, 1.807) is 13.2 Å². The minimum atomic E-state index is -0.303. The summed E-state index contributed by atoms with van der Waals surface area (Å²) < 4.78 is 5.27. The molecule has 4 rings (SSSR count). The highest BCUT2D eigenvalue weighted by Crippen LogP contribution is 2.48. The summed E-state index contributed by atoms with van der Waals surface area (Å²) in [6, 6.07) is 15.9. The third-order valence-corrected chi connectivity index (χ3v) is 5.18. The first-order valence-corrected chi connectivity index (χ1v) is 8.86. The Morgan fingerprint density at radius 1 is 1.12 bits per heavy atom. The fourth-order valence-electron chi connectivity index (χ4n) is 3.52. The largest absolute Gasteiger partial charge is 0.497 e. The summed E-state index contributed by atoms with van der Waals surface area (Å²) >= 11 is 0. The third kappa shape index (κ3) is 2.81. The maximum atomic E-state index is 13.0. The molecule has 1 aliphatic carbocycles. The third-order valence-electron chi connectivity index (χ3n) is 5.18. The van der Waals surface area contributed by atoms with Gasteiger partial charge in [0.25, 0.3) is 5.91 Å². The number of carbonyl (C=O) groups is 1. The molecule has 4 nitrogen and oxygen atoms in total. The van der Waals surface area contributed by atoms with Gasteiger partial charge in [0, 0.05) is 16.6 Å². The van der Waals surface area contributed by atoms with Gasteiger partial charge in [0.15, 0.2) is 0 Å². The van der Waals surface area contributed by atoms with Gasteiger partial charge in [0.05, 0.1) is 18.2 Å². The molecule has 0 atom stereocenters. The summed E-state index contributed by atoms with van der Waals surface area (Å²) in [7, 11) is 1.61. The number of amides is 1. The van der Waals surface area contributed by atoms with E-state index in [9.17, 15) is 4.79 Å². The Hall–Kier alpha value is -2.88. The molecule has 1 fully saturated rings. The van der Waals surface area contributed by atoms with Crippen molar-refractivity contribution in [2.75, 3.05) is 7.11 Å². The lowest BCUT2D eigenvalue weighted by Gasteiger charge is -2.21. The molecule has 0 radical (unpaired) electrons. The summed E-state index contributed by atoms with van der Waals surface area (Å²) in [6.07, 6.45) is 1.88. The van der Waals surface area contributed by atoms with Crippen LogP contribution in [0.25, 0.3) is 10.9 Å². The van der Waals surface area contributed by atoms with Crippen LogP contribution in [0.2, 0.25) is 0 Å². The molecule has 2 aromatic carbocycles. The van der Waals surface area contributed by atoms with Crippen LogP contribution in [0.15, 0.2) is 48.5 Å². The van der Waals surface area contributed by atoms with E-state index in [2.05, 4.69) is 22.4 Å². The van der Waals surface area contributed by atoms with Gasteiger partial charge in [-0.2, -0.15) is 0 Å². The molecule has 0 unspecified atom stereocenters. The Labute approximate surface area is 153 Å². The van der Waals surface area contributed by atoms with E-state index in [0.717, 1.165) is 40.6 Å². The van der Waals surface area contributed by atoms with Crippen molar-refractivity contribution in [3.63, 3.8) is 0 Å². The summed E-state index contributed by atoms with van der Waals surface area (Å²) in [5.41, 5.74) is 4.41. The van der Waals surface area contributed by atoms with Crippen molar-refractivity contribution in [2.24, 2.45) is 0 Å². The van der Waals surface area contributed by atoms with Crippen LogP contribution in [0.3, 0.4) is 0 Å². The number of pyridine rings is 1. The van der Waals surface area contributed by atoms with E-state index in [4.69, 9.17) is 4.74 Å². The van der Waals surface area contributed by atoms with Crippen molar-refractivity contribution >= 4 is 16.8 Å². The number of hydrogen-bond donors (Lipinski definition) is 1. The summed E-state index contributed by atoms with van der Waals surface area (Å²) in [6.45, 7) is 3.94. The molecule has 0 saturated heterocycles. The number of nitrogens with one attached hydrogen (secondary N) is 1. The van der Waals surface area contributed by atoms with Crippen LogP contribution in [0, 0.1) is 13.8 Å². The van der Waals surface area contributed by atoms with Crippen LogP contribution < -0.4 is 10.1 Å². The van der Waals surface area contributed by atoms with Gasteiger partial charge >= 0.3 is 0 Å². The van der Waals surface area contributed by atoms with Crippen LogP contribution in [-0.2, 0) is 5.54 Å². The van der Waals surface area contributed by atoms with Crippen molar-refractivity contribution in [3.8, 4) is 5.75 Å². The minimum absolute atomic E-state index is 0.0593. The molecule has 1 aliphatic rings. The predicted molar refractivity (Wildman–Crippen MR) is 103 cm³/mol. The van der Waals surface area contributed by atoms with Gasteiger partial charge in [-0.3, -0.25) is 9.78 Å². The number of aryl methyl sites for hydroxylation is 2. The second-order valence-corrected chi connectivity index (χ2v) is 7.04. The zero-order chi connectivity index (χ0) is 18.3. The van der Waals surface area contributed by atoms with E-state index in [-0.39, 0.29) is 11.4 Å². The average Bonchev–Trinajstić information content (AvgIpc) is 3.41. The maximum absolute atomic E-state index is 13.0. The number of fused-ring (bicyclic) bond motifs is 1. The number of carbonyl (C=O) groups excluding carboxylic acids is 1. The van der Waals surface area contributed by atoms with Gasteiger partial charge in [-0.15, -0.1) is 0 Å². The second kappa shape index (κ2) is 6.13. The van der Waals surface area contributed by atoms with Crippen molar-refractivity contribution in [3.05, 3.63) is 70.9 Å². The molecule has 4 heteroatoms. The van der Waals surface area contributed by atoms with Gasteiger partial charge in [-0.1, -0.05) is 24.3 Å². The predicted octanol–water partition coefficient (Wildman–Crippen LogP) is 4.28. The van der Waals surface area contributed by atoms with Crippen molar-refractivity contribution < 1.29 is 9.53 Å². The Bertz CT molecular complexity index is 1010. The first kappa shape index (κ1) is 16.6. The topological polar surface area (TPSA) is 51.2 Å². The van der Waals surface area contributed by atoms with Crippen LogP contribution in [0.5, 0.6) is 5.75 Å². The highest BCUT2D eigenvalue weighted by molar-refractivity contribution is 5.97. The Balaban J connectivity index is 1.70. The standard InChI is InChI=1S/C22H22N2O2/c1-14-7-9-16(26-3)13-18(14)21(25)24-22(11-12-22)19-5-4-6-20-17(19)10-8-15(2)23-20/h4-10,13H,11-12H2,1-3H3,(H,24,25). The minimum Gasteiger partial charge on any atom is -0.497 e. The van der Waals surface area contributed by atoms with Crippen molar-refractivity contribution in [1.82, 2.24) is 10.3 Å². The highest BCUT2D eigenvalue weighted by Gasteiger charge is 2.46. The summed E-state index contributed by atoms with van der Waals surface area (Å²) in [4.78, 5) is 17.6. The van der Waals surface area contributed by atoms with E-state index in [0.29, 0.717) is 11.3 Å². The van der Waals surface area contributed by atoms with Crippen LogP contribution in [-0.4, -0.2) is 18.0 Å². The summed E-state index contributed by atoms with van der Waals surface area (Å²) in [5.74, 6) is 0.631. The fraction of sp³-hybridized carbons (Fsp3) is 0.273. The molecular formula is C22H22N2O2. The normalized spacial score (nSPS) is 14.9. The number of rotatable bonds is 4. The second-order valence-electron chi connectivity index (χ2n) is 7.04. The van der Waals surface area contributed by atoms with E-state index in [1.807, 2.05) is 44.2 Å². The molecule has 3 aromatic rings. The van der Waals surface area contributed by atoms with Gasteiger partial charge in [-0.05, 0) is 62.1 Å². The van der Waals surface area contributed by atoms with Gasteiger partial charge in [-0.25, -0.2) is 0 Å². The smallest absolute Gasteiger partial charge is 0.252 e. The molecule has 1 heterocycles.